The molecule has 4 nitrogen and oxygen atoms in total. The molecule has 1 unspecified atom stereocenters. The zero-order valence-corrected chi connectivity index (χ0v) is 13.6. The first kappa shape index (κ1) is 15.1. The number of nitrogens with zero attached hydrogens (tertiary/aromatic N) is 2. The highest BCUT2D eigenvalue weighted by atomic mass is 79.9. The lowest BCUT2D eigenvalue weighted by Gasteiger charge is -2.19. The second-order valence-corrected chi connectivity index (χ2v) is 5.41. The molecule has 0 bridgehead atoms. The summed E-state index contributed by atoms with van der Waals surface area (Å²) in [5, 5.41) is 7.75. The van der Waals surface area contributed by atoms with E-state index < -0.39 is 0 Å². The number of rotatable bonds is 6. The van der Waals surface area contributed by atoms with Crippen molar-refractivity contribution in [2.24, 2.45) is 0 Å². The maximum absolute atomic E-state index is 5.44. The molecule has 108 valence electrons. The lowest BCUT2D eigenvalue weighted by molar-refractivity contribution is 0.394. The van der Waals surface area contributed by atoms with E-state index in [2.05, 4.69) is 51.5 Å². The summed E-state index contributed by atoms with van der Waals surface area (Å²) in [7, 11) is 3.65. The minimum atomic E-state index is 0.158. The van der Waals surface area contributed by atoms with E-state index in [1.165, 1.54) is 5.56 Å². The van der Waals surface area contributed by atoms with Gasteiger partial charge >= 0.3 is 0 Å². The Labute approximate surface area is 128 Å². The normalized spacial score (nSPS) is 12.4. The number of aryl methyl sites for hydroxylation is 1. The fourth-order valence-electron chi connectivity index (χ4n) is 2.36. The predicted molar refractivity (Wildman–Crippen MR) is 84.1 cm³/mol. The topological polar surface area (TPSA) is 39.1 Å². The first-order valence-electron chi connectivity index (χ1n) is 6.71. The van der Waals surface area contributed by atoms with E-state index in [4.69, 9.17) is 4.74 Å². The van der Waals surface area contributed by atoms with Gasteiger partial charge < -0.3 is 10.1 Å². The smallest absolute Gasteiger partial charge is 0.161 e. The largest absolute Gasteiger partial charge is 0.493 e. The van der Waals surface area contributed by atoms with E-state index in [0.717, 1.165) is 28.9 Å². The van der Waals surface area contributed by atoms with Gasteiger partial charge in [-0.3, -0.25) is 4.68 Å². The lowest BCUT2D eigenvalue weighted by Crippen LogP contribution is -2.23. The highest BCUT2D eigenvalue weighted by Gasteiger charge is 2.21. The number of hydrogen-bond donors (Lipinski definition) is 1. The maximum Gasteiger partial charge on any atom is 0.161 e. The van der Waals surface area contributed by atoms with Crippen LogP contribution in [0.15, 0.2) is 34.9 Å². The van der Waals surface area contributed by atoms with Gasteiger partial charge in [0.05, 0.1) is 25.0 Å². The van der Waals surface area contributed by atoms with E-state index in [9.17, 15) is 0 Å². The number of halogens is 1. The van der Waals surface area contributed by atoms with Crippen molar-refractivity contribution in [1.29, 1.82) is 0 Å². The van der Waals surface area contributed by atoms with Crippen LogP contribution in [0.5, 0.6) is 5.75 Å². The molecule has 1 N–H and O–H groups in total. The van der Waals surface area contributed by atoms with Gasteiger partial charge in [-0.15, -0.1) is 0 Å². The molecule has 0 spiro atoms. The molecule has 0 radical (unpaired) electrons. The van der Waals surface area contributed by atoms with Crippen LogP contribution in [0.4, 0.5) is 0 Å². The van der Waals surface area contributed by atoms with E-state index in [1.54, 1.807) is 13.3 Å². The molecule has 2 rings (SSSR count). The molecule has 2 aromatic rings. The summed E-state index contributed by atoms with van der Waals surface area (Å²) in [6.07, 6.45) is 2.66. The van der Waals surface area contributed by atoms with Gasteiger partial charge in [0, 0.05) is 11.0 Å². The molecule has 1 aromatic heterocycles. The highest BCUT2D eigenvalue weighted by Crippen LogP contribution is 2.29. The third kappa shape index (κ3) is 3.04. The summed E-state index contributed by atoms with van der Waals surface area (Å²) in [6.45, 7) is 2.91. The highest BCUT2D eigenvalue weighted by molar-refractivity contribution is 9.10. The van der Waals surface area contributed by atoms with Gasteiger partial charge in [0.15, 0.2) is 5.75 Å². The first-order chi connectivity index (χ1) is 9.71. The molecule has 0 aliphatic rings. The lowest BCUT2D eigenvalue weighted by atomic mass is 10.0. The second kappa shape index (κ2) is 6.90. The zero-order valence-electron chi connectivity index (χ0n) is 12.1. The molecule has 0 saturated heterocycles. The Hall–Kier alpha value is -1.33. The minimum Gasteiger partial charge on any atom is -0.493 e. The number of ether oxygens (including phenoxy) is 1. The van der Waals surface area contributed by atoms with Gasteiger partial charge in [-0.1, -0.05) is 34.1 Å². The van der Waals surface area contributed by atoms with Gasteiger partial charge in [-0.2, -0.15) is 5.10 Å². The summed E-state index contributed by atoms with van der Waals surface area (Å²) in [4.78, 5) is 0. The summed E-state index contributed by atoms with van der Waals surface area (Å²) in [6, 6.07) is 8.44. The Bertz CT molecular complexity index is 546. The molecule has 20 heavy (non-hydrogen) atoms. The predicted octanol–water partition coefficient (Wildman–Crippen LogP) is 3.18. The fraction of sp³-hybridized carbons (Fsp3) is 0.400. The SMILES string of the molecule is CCn1ncc(OC)c1C(Cc1ccccc1Br)NC. The molecular formula is C15H20BrN3O. The Morgan fingerprint density at radius 1 is 1.40 bits per heavy atom. The molecule has 5 heteroatoms. The molecule has 1 heterocycles. The summed E-state index contributed by atoms with van der Waals surface area (Å²) >= 11 is 3.61. The van der Waals surface area contributed by atoms with Crippen LogP contribution < -0.4 is 10.1 Å². The van der Waals surface area contributed by atoms with Crippen LogP contribution >= 0.6 is 15.9 Å². The van der Waals surface area contributed by atoms with Crippen molar-refractivity contribution in [2.75, 3.05) is 14.2 Å². The van der Waals surface area contributed by atoms with Gasteiger partial charge in [0.1, 0.15) is 0 Å². The van der Waals surface area contributed by atoms with E-state index in [1.807, 2.05) is 17.8 Å². The molecule has 0 aliphatic carbocycles. The first-order valence-corrected chi connectivity index (χ1v) is 7.50. The molecule has 0 fully saturated rings. The average Bonchev–Trinajstić information content (AvgIpc) is 2.89. The molecular weight excluding hydrogens is 318 g/mol. The van der Waals surface area contributed by atoms with E-state index in [-0.39, 0.29) is 6.04 Å². The Balaban J connectivity index is 2.33. The number of hydrogen-bond acceptors (Lipinski definition) is 3. The summed E-state index contributed by atoms with van der Waals surface area (Å²) < 4.78 is 8.55. The Morgan fingerprint density at radius 2 is 2.15 bits per heavy atom. The Morgan fingerprint density at radius 3 is 2.75 bits per heavy atom. The third-order valence-corrected chi connectivity index (χ3v) is 4.20. The maximum atomic E-state index is 5.44. The molecule has 0 amide bonds. The summed E-state index contributed by atoms with van der Waals surface area (Å²) in [5.41, 5.74) is 2.35. The number of likely N-dealkylation sites (N-methyl/N-ethyl adjacent to an activating group) is 1. The van der Waals surface area contributed by atoms with Crippen LogP contribution in [0.2, 0.25) is 0 Å². The van der Waals surface area contributed by atoms with Crippen molar-refractivity contribution >= 4 is 15.9 Å². The van der Waals surface area contributed by atoms with Crippen LogP contribution in [-0.4, -0.2) is 23.9 Å². The van der Waals surface area contributed by atoms with Crippen molar-refractivity contribution in [3.05, 3.63) is 46.2 Å². The second-order valence-electron chi connectivity index (χ2n) is 4.55. The summed E-state index contributed by atoms with van der Waals surface area (Å²) in [5.74, 6) is 0.832. The van der Waals surface area contributed by atoms with E-state index in [0.29, 0.717) is 0 Å². The minimum absolute atomic E-state index is 0.158. The fourth-order valence-corrected chi connectivity index (χ4v) is 2.80. The quantitative estimate of drug-likeness (QED) is 0.879. The third-order valence-electron chi connectivity index (χ3n) is 3.42. The van der Waals surface area contributed by atoms with Gasteiger partial charge in [0.2, 0.25) is 0 Å². The van der Waals surface area contributed by atoms with E-state index >= 15 is 0 Å². The Kier molecular flexibility index (Phi) is 5.20. The molecule has 1 atom stereocenters. The van der Waals surface area contributed by atoms with Crippen LogP contribution in [-0.2, 0) is 13.0 Å². The van der Waals surface area contributed by atoms with Gasteiger partial charge in [-0.05, 0) is 32.0 Å². The number of methoxy groups -OCH3 is 1. The number of aromatic nitrogens is 2. The van der Waals surface area contributed by atoms with Crippen molar-refractivity contribution in [3.63, 3.8) is 0 Å². The van der Waals surface area contributed by atoms with Gasteiger partial charge in [0.25, 0.3) is 0 Å². The van der Waals surface area contributed by atoms with Crippen molar-refractivity contribution in [2.45, 2.75) is 25.9 Å². The van der Waals surface area contributed by atoms with Crippen LogP contribution in [0, 0.1) is 0 Å². The van der Waals surface area contributed by atoms with Crippen LogP contribution in [0.25, 0.3) is 0 Å². The van der Waals surface area contributed by atoms with Crippen molar-refractivity contribution in [1.82, 2.24) is 15.1 Å². The average molecular weight is 338 g/mol. The van der Waals surface area contributed by atoms with Crippen LogP contribution in [0.3, 0.4) is 0 Å². The molecule has 0 saturated carbocycles. The standard InChI is InChI=1S/C15H20BrN3O/c1-4-19-15(14(20-3)10-18-19)13(17-2)9-11-7-5-6-8-12(11)16/h5-8,10,13,17H,4,9H2,1-3H3. The molecule has 1 aromatic carbocycles. The van der Waals surface area contributed by atoms with Gasteiger partial charge in [-0.25, -0.2) is 0 Å². The van der Waals surface area contributed by atoms with Crippen molar-refractivity contribution < 1.29 is 4.74 Å². The monoisotopic (exact) mass is 337 g/mol. The van der Waals surface area contributed by atoms with Crippen LogP contribution in [0.1, 0.15) is 24.2 Å². The molecule has 0 aliphatic heterocycles. The zero-order chi connectivity index (χ0) is 14.5. The number of nitrogens with one attached hydrogen (secondary N) is 1. The van der Waals surface area contributed by atoms with Crippen molar-refractivity contribution in [3.8, 4) is 5.75 Å². The number of benzene rings is 1.